The Labute approximate surface area is 97.0 Å². The van der Waals surface area contributed by atoms with Crippen LogP contribution in [0.25, 0.3) is 0 Å². The average Bonchev–Trinajstić information content (AvgIpc) is 2.94. The Balaban J connectivity index is 1.81. The fraction of sp³-hybridized carbons (Fsp3) is 0.571. The predicted molar refractivity (Wildman–Crippen MR) is 64.2 cm³/mol. The Kier molecular flexibility index (Phi) is 2.70. The van der Waals surface area contributed by atoms with Crippen LogP contribution < -0.4 is 5.32 Å². The molecule has 1 aromatic carbocycles. The third kappa shape index (κ3) is 1.66. The summed E-state index contributed by atoms with van der Waals surface area (Å²) in [6.45, 7) is 0. The van der Waals surface area contributed by atoms with Gasteiger partial charge in [-0.15, -0.1) is 0 Å². The normalized spacial score (nSPS) is 34.2. The number of nitrogens with one attached hydrogen (secondary N) is 1. The van der Waals surface area contributed by atoms with Crippen molar-refractivity contribution >= 4 is 0 Å². The zero-order valence-electron chi connectivity index (χ0n) is 9.73. The molecule has 0 aliphatic carbocycles. The average molecular weight is 217 g/mol. The van der Waals surface area contributed by atoms with E-state index in [1.165, 1.54) is 24.8 Å². The Bertz CT molecular complexity index is 351. The van der Waals surface area contributed by atoms with Crippen molar-refractivity contribution in [2.45, 2.75) is 37.5 Å². The smallest absolute Gasteiger partial charge is 0.0627 e. The molecule has 0 amide bonds. The summed E-state index contributed by atoms with van der Waals surface area (Å²) >= 11 is 0. The van der Waals surface area contributed by atoms with Crippen LogP contribution in [-0.4, -0.2) is 19.3 Å². The molecule has 1 aromatic rings. The lowest BCUT2D eigenvalue weighted by Gasteiger charge is -2.28. The first kappa shape index (κ1) is 10.3. The van der Waals surface area contributed by atoms with Crippen LogP contribution in [0, 0.1) is 5.92 Å². The van der Waals surface area contributed by atoms with Crippen LogP contribution in [0.4, 0.5) is 0 Å². The zero-order valence-corrected chi connectivity index (χ0v) is 9.73. The number of ether oxygens (including phenoxy) is 1. The first-order valence-corrected chi connectivity index (χ1v) is 6.26. The van der Waals surface area contributed by atoms with E-state index < -0.39 is 0 Å². The SMILES string of the molecule is CNC(c1ccccc1)C1CC2CCC1O2. The van der Waals surface area contributed by atoms with Crippen molar-refractivity contribution in [1.82, 2.24) is 5.32 Å². The molecule has 16 heavy (non-hydrogen) atoms. The minimum atomic E-state index is 0.455. The molecular formula is C14H19NO. The van der Waals surface area contributed by atoms with E-state index in [0.29, 0.717) is 24.2 Å². The van der Waals surface area contributed by atoms with Gasteiger partial charge in [0.2, 0.25) is 0 Å². The van der Waals surface area contributed by atoms with Crippen LogP contribution in [0.15, 0.2) is 30.3 Å². The van der Waals surface area contributed by atoms with Crippen LogP contribution >= 0.6 is 0 Å². The molecule has 2 aliphatic heterocycles. The third-order valence-corrected chi connectivity index (χ3v) is 4.05. The van der Waals surface area contributed by atoms with Gasteiger partial charge in [-0.3, -0.25) is 0 Å². The molecule has 2 heteroatoms. The lowest BCUT2D eigenvalue weighted by Crippen LogP contribution is -2.31. The van der Waals surface area contributed by atoms with Crippen LogP contribution in [0.1, 0.15) is 30.9 Å². The van der Waals surface area contributed by atoms with Crippen LogP contribution in [-0.2, 0) is 4.74 Å². The lowest BCUT2D eigenvalue weighted by molar-refractivity contribution is 0.0863. The maximum Gasteiger partial charge on any atom is 0.0627 e. The van der Waals surface area contributed by atoms with Gasteiger partial charge in [0.15, 0.2) is 0 Å². The van der Waals surface area contributed by atoms with Gasteiger partial charge in [-0.2, -0.15) is 0 Å². The molecular weight excluding hydrogens is 198 g/mol. The summed E-state index contributed by atoms with van der Waals surface area (Å²) in [6, 6.07) is 11.2. The van der Waals surface area contributed by atoms with Crippen LogP contribution in [0.5, 0.6) is 0 Å². The molecule has 86 valence electrons. The predicted octanol–water partition coefficient (Wildman–Crippen LogP) is 2.51. The molecule has 1 N–H and O–H groups in total. The molecule has 0 spiro atoms. The van der Waals surface area contributed by atoms with Gasteiger partial charge < -0.3 is 10.1 Å². The molecule has 4 atom stereocenters. The molecule has 2 saturated heterocycles. The minimum absolute atomic E-state index is 0.455. The van der Waals surface area contributed by atoms with Crippen molar-refractivity contribution in [3.63, 3.8) is 0 Å². The highest BCUT2D eigenvalue weighted by Gasteiger charge is 2.44. The molecule has 3 rings (SSSR count). The van der Waals surface area contributed by atoms with Crippen LogP contribution in [0.2, 0.25) is 0 Å². The third-order valence-electron chi connectivity index (χ3n) is 4.05. The van der Waals surface area contributed by atoms with E-state index in [-0.39, 0.29) is 0 Å². The van der Waals surface area contributed by atoms with E-state index in [9.17, 15) is 0 Å². The molecule has 4 unspecified atom stereocenters. The summed E-state index contributed by atoms with van der Waals surface area (Å²) in [5, 5.41) is 3.47. The molecule has 0 aromatic heterocycles. The van der Waals surface area contributed by atoms with E-state index >= 15 is 0 Å². The number of fused-ring (bicyclic) bond motifs is 2. The second-order valence-corrected chi connectivity index (χ2v) is 4.95. The van der Waals surface area contributed by atoms with Gasteiger partial charge in [-0.05, 0) is 31.9 Å². The Hall–Kier alpha value is -0.860. The fourth-order valence-electron chi connectivity index (χ4n) is 3.32. The molecule has 2 aliphatic rings. The molecule has 2 heterocycles. The number of hydrogen-bond donors (Lipinski definition) is 1. The largest absolute Gasteiger partial charge is 0.375 e. The number of benzene rings is 1. The summed E-state index contributed by atoms with van der Waals surface area (Å²) in [5.41, 5.74) is 1.39. The summed E-state index contributed by atoms with van der Waals surface area (Å²) in [6.07, 6.45) is 4.77. The molecule has 2 nitrogen and oxygen atoms in total. The topological polar surface area (TPSA) is 21.3 Å². The second kappa shape index (κ2) is 4.19. The highest BCUT2D eigenvalue weighted by molar-refractivity contribution is 5.21. The quantitative estimate of drug-likeness (QED) is 0.840. The van der Waals surface area contributed by atoms with E-state index in [2.05, 4.69) is 42.7 Å². The molecule has 2 bridgehead atoms. The fourth-order valence-corrected chi connectivity index (χ4v) is 3.32. The van der Waals surface area contributed by atoms with Crippen molar-refractivity contribution in [3.05, 3.63) is 35.9 Å². The van der Waals surface area contributed by atoms with Gasteiger partial charge in [0.1, 0.15) is 0 Å². The van der Waals surface area contributed by atoms with Crippen molar-refractivity contribution < 1.29 is 4.74 Å². The Morgan fingerprint density at radius 3 is 2.62 bits per heavy atom. The zero-order chi connectivity index (χ0) is 11.0. The summed E-state index contributed by atoms with van der Waals surface area (Å²) in [7, 11) is 2.06. The summed E-state index contributed by atoms with van der Waals surface area (Å²) in [5.74, 6) is 0.658. The maximum absolute atomic E-state index is 5.95. The van der Waals surface area contributed by atoms with Crippen molar-refractivity contribution in [2.24, 2.45) is 5.92 Å². The standard InChI is InChI=1S/C14H19NO/c1-15-14(10-5-3-2-4-6-10)12-9-11-7-8-13(12)16-11/h2-6,11-15H,7-9H2,1H3. The maximum atomic E-state index is 5.95. The Morgan fingerprint density at radius 2 is 2.06 bits per heavy atom. The van der Waals surface area contributed by atoms with Crippen molar-refractivity contribution in [1.29, 1.82) is 0 Å². The summed E-state index contributed by atoms with van der Waals surface area (Å²) in [4.78, 5) is 0. The van der Waals surface area contributed by atoms with Crippen LogP contribution in [0.3, 0.4) is 0 Å². The monoisotopic (exact) mass is 217 g/mol. The number of hydrogen-bond acceptors (Lipinski definition) is 2. The highest BCUT2D eigenvalue weighted by Crippen LogP contribution is 2.44. The van der Waals surface area contributed by atoms with E-state index in [1.807, 2.05) is 0 Å². The van der Waals surface area contributed by atoms with E-state index in [1.54, 1.807) is 0 Å². The van der Waals surface area contributed by atoms with Gasteiger partial charge in [0.05, 0.1) is 12.2 Å². The summed E-state index contributed by atoms with van der Waals surface area (Å²) < 4.78 is 5.95. The van der Waals surface area contributed by atoms with Gasteiger partial charge >= 0.3 is 0 Å². The van der Waals surface area contributed by atoms with Gasteiger partial charge in [-0.25, -0.2) is 0 Å². The van der Waals surface area contributed by atoms with E-state index in [0.717, 1.165) is 0 Å². The van der Waals surface area contributed by atoms with E-state index in [4.69, 9.17) is 4.74 Å². The first-order chi connectivity index (χ1) is 7.88. The molecule has 0 radical (unpaired) electrons. The van der Waals surface area contributed by atoms with Gasteiger partial charge in [-0.1, -0.05) is 30.3 Å². The minimum Gasteiger partial charge on any atom is -0.375 e. The van der Waals surface area contributed by atoms with Crippen molar-refractivity contribution in [3.8, 4) is 0 Å². The molecule has 2 fully saturated rings. The Morgan fingerprint density at radius 1 is 1.25 bits per heavy atom. The van der Waals surface area contributed by atoms with Gasteiger partial charge in [0.25, 0.3) is 0 Å². The van der Waals surface area contributed by atoms with Crippen molar-refractivity contribution in [2.75, 3.05) is 7.05 Å². The number of rotatable bonds is 3. The second-order valence-electron chi connectivity index (χ2n) is 4.95. The first-order valence-electron chi connectivity index (χ1n) is 6.26. The lowest BCUT2D eigenvalue weighted by atomic mass is 9.81. The highest BCUT2D eigenvalue weighted by atomic mass is 16.5. The van der Waals surface area contributed by atoms with Gasteiger partial charge in [0, 0.05) is 12.0 Å². The molecule has 0 saturated carbocycles.